The average molecular weight is 495 g/mol. The van der Waals surface area contributed by atoms with Gasteiger partial charge in [0, 0.05) is 18.3 Å². The fraction of sp³-hybridized carbons (Fsp3) is 0.708. The molecule has 0 fully saturated rings. The molecule has 0 saturated carbocycles. The number of nitrogens with one attached hydrogen (secondary N) is 4. The molecule has 1 aromatic heterocycles. The van der Waals surface area contributed by atoms with E-state index in [-0.39, 0.29) is 24.2 Å². The fourth-order valence-electron chi connectivity index (χ4n) is 3.59. The van der Waals surface area contributed by atoms with Crippen molar-refractivity contribution >= 4 is 23.7 Å². The van der Waals surface area contributed by atoms with Crippen LogP contribution in [-0.2, 0) is 25.6 Å². The summed E-state index contributed by atoms with van der Waals surface area (Å²) in [5, 5.41) is 17.6. The molecule has 11 heteroatoms. The van der Waals surface area contributed by atoms with Gasteiger partial charge in [-0.3, -0.25) is 14.4 Å². The van der Waals surface area contributed by atoms with Gasteiger partial charge in [-0.05, 0) is 24.2 Å². The number of aromatic amines is 1. The van der Waals surface area contributed by atoms with E-state index in [9.17, 15) is 24.3 Å². The Morgan fingerprint density at radius 1 is 0.943 bits per heavy atom. The second kappa shape index (κ2) is 14.4. The van der Waals surface area contributed by atoms with Gasteiger partial charge < -0.3 is 31.8 Å². The van der Waals surface area contributed by atoms with Crippen molar-refractivity contribution in [2.45, 2.75) is 91.4 Å². The molecule has 7 N–H and O–H groups in total. The highest BCUT2D eigenvalue weighted by Gasteiger charge is 2.34. The Bertz CT molecular complexity index is 828. The second-order valence-corrected chi connectivity index (χ2v) is 9.66. The molecule has 6 atom stereocenters. The third kappa shape index (κ3) is 9.67. The van der Waals surface area contributed by atoms with E-state index in [2.05, 4.69) is 25.9 Å². The highest BCUT2D eigenvalue weighted by molar-refractivity contribution is 5.94. The van der Waals surface area contributed by atoms with Gasteiger partial charge in [-0.15, -0.1) is 0 Å². The van der Waals surface area contributed by atoms with Gasteiger partial charge in [0.25, 0.3) is 0 Å². The Morgan fingerprint density at radius 2 is 1.51 bits per heavy atom. The number of nitrogens with two attached hydrogens (primary N) is 1. The van der Waals surface area contributed by atoms with Gasteiger partial charge in [-0.25, -0.2) is 9.78 Å². The first-order chi connectivity index (χ1) is 16.4. The Labute approximate surface area is 207 Å². The number of hydrogen-bond donors (Lipinski definition) is 6. The molecular weight excluding hydrogens is 452 g/mol. The smallest absolute Gasteiger partial charge is 0.326 e. The van der Waals surface area contributed by atoms with Gasteiger partial charge in [0.1, 0.15) is 18.1 Å². The minimum Gasteiger partial charge on any atom is -0.480 e. The number of hydrogen-bond acceptors (Lipinski definition) is 6. The Balaban J connectivity index is 2.99. The van der Waals surface area contributed by atoms with Crippen LogP contribution < -0.4 is 21.7 Å². The molecule has 0 aliphatic carbocycles. The lowest BCUT2D eigenvalue weighted by atomic mass is 9.94. The predicted octanol–water partition coefficient (Wildman–Crippen LogP) is 0.957. The average Bonchev–Trinajstić information content (AvgIpc) is 3.31. The number of aliphatic carboxylic acids is 1. The molecule has 35 heavy (non-hydrogen) atoms. The maximum atomic E-state index is 13.2. The number of amides is 3. The molecule has 3 amide bonds. The maximum absolute atomic E-state index is 13.2. The van der Waals surface area contributed by atoms with Crippen molar-refractivity contribution in [2.75, 3.05) is 0 Å². The summed E-state index contributed by atoms with van der Waals surface area (Å²) in [6.07, 6.45) is 4.78. The van der Waals surface area contributed by atoms with Crippen molar-refractivity contribution < 1.29 is 24.3 Å². The fourth-order valence-corrected chi connectivity index (χ4v) is 3.59. The Morgan fingerprint density at radius 3 is 2.00 bits per heavy atom. The van der Waals surface area contributed by atoms with Crippen LogP contribution in [-0.4, -0.2) is 62.9 Å². The second-order valence-electron chi connectivity index (χ2n) is 9.66. The first kappa shape index (κ1) is 30.1. The molecule has 1 heterocycles. The van der Waals surface area contributed by atoms with Crippen LogP contribution >= 0.6 is 0 Å². The quantitative estimate of drug-likeness (QED) is 0.210. The number of nitrogens with zero attached hydrogens (tertiary/aromatic N) is 1. The lowest BCUT2D eigenvalue weighted by Gasteiger charge is -2.29. The van der Waals surface area contributed by atoms with Gasteiger partial charge in [-0.2, -0.15) is 0 Å². The number of carbonyl (C=O) groups is 4. The number of imidazole rings is 1. The van der Waals surface area contributed by atoms with Crippen LogP contribution in [0.2, 0.25) is 0 Å². The highest BCUT2D eigenvalue weighted by atomic mass is 16.4. The van der Waals surface area contributed by atoms with E-state index < -0.39 is 47.9 Å². The minimum absolute atomic E-state index is 0.0764. The molecule has 0 aliphatic rings. The summed E-state index contributed by atoms with van der Waals surface area (Å²) in [4.78, 5) is 57.5. The molecule has 0 bridgehead atoms. The first-order valence-corrected chi connectivity index (χ1v) is 12.3. The normalized spacial score (nSPS) is 16.5. The van der Waals surface area contributed by atoms with E-state index in [1.807, 2.05) is 27.7 Å². The number of carboxylic acids is 1. The third-order valence-electron chi connectivity index (χ3n) is 6.24. The molecule has 198 valence electrons. The first-order valence-electron chi connectivity index (χ1n) is 12.3. The third-order valence-corrected chi connectivity index (χ3v) is 6.24. The van der Waals surface area contributed by atoms with E-state index in [0.29, 0.717) is 25.0 Å². The lowest BCUT2D eigenvalue weighted by Crippen LogP contribution is -2.59. The van der Waals surface area contributed by atoms with E-state index in [1.54, 1.807) is 20.0 Å². The summed E-state index contributed by atoms with van der Waals surface area (Å²) in [7, 11) is 0. The number of H-pyrrole nitrogens is 1. The zero-order valence-corrected chi connectivity index (χ0v) is 21.6. The molecule has 1 aromatic rings. The van der Waals surface area contributed by atoms with Gasteiger partial charge in [0.15, 0.2) is 0 Å². The summed E-state index contributed by atoms with van der Waals surface area (Å²) in [5.41, 5.74) is 6.72. The number of carbonyl (C=O) groups excluding carboxylic acids is 3. The van der Waals surface area contributed by atoms with Crippen molar-refractivity contribution in [3.63, 3.8) is 0 Å². The minimum atomic E-state index is -1.13. The molecule has 6 unspecified atom stereocenters. The van der Waals surface area contributed by atoms with Gasteiger partial charge in [-0.1, -0.05) is 54.4 Å². The van der Waals surface area contributed by atoms with Crippen LogP contribution in [0.15, 0.2) is 12.5 Å². The lowest BCUT2D eigenvalue weighted by molar-refractivity contribution is -0.144. The van der Waals surface area contributed by atoms with E-state index >= 15 is 0 Å². The van der Waals surface area contributed by atoms with Gasteiger partial charge in [0.05, 0.1) is 12.4 Å². The van der Waals surface area contributed by atoms with Crippen molar-refractivity contribution in [1.29, 1.82) is 0 Å². The topological polar surface area (TPSA) is 179 Å². The van der Waals surface area contributed by atoms with Gasteiger partial charge in [0.2, 0.25) is 17.7 Å². The summed E-state index contributed by atoms with van der Waals surface area (Å²) in [5.74, 6) is -3.17. The SMILES string of the molecule is CCC(C)C(NC(=O)C(NC(=O)C(CC(C)C)NC(=O)C(N)Cc1cnc[nH]1)C(C)CC)C(=O)O. The molecular formula is C24H42N6O5. The van der Waals surface area contributed by atoms with Crippen LogP contribution in [0.25, 0.3) is 0 Å². The molecule has 1 rings (SSSR count). The Hall–Kier alpha value is -2.95. The van der Waals surface area contributed by atoms with Crippen LogP contribution in [0.4, 0.5) is 0 Å². The van der Waals surface area contributed by atoms with Crippen LogP contribution in [0, 0.1) is 17.8 Å². The van der Waals surface area contributed by atoms with E-state index in [4.69, 9.17) is 5.73 Å². The molecule has 0 radical (unpaired) electrons. The molecule has 11 nitrogen and oxygen atoms in total. The molecule has 0 spiro atoms. The summed E-state index contributed by atoms with van der Waals surface area (Å²) >= 11 is 0. The van der Waals surface area contributed by atoms with E-state index in [1.165, 1.54) is 6.33 Å². The Kier molecular flexibility index (Phi) is 12.4. The molecule has 0 aliphatic heterocycles. The summed E-state index contributed by atoms with van der Waals surface area (Å²) in [6.45, 7) is 11.1. The van der Waals surface area contributed by atoms with Crippen molar-refractivity contribution in [2.24, 2.45) is 23.5 Å². The molecule has 0 saturated heterocycles. The highest BCUT2D eigenvalue weighted by Crippen LogP contribution is 2.13. The standard InChI is InChI=1S/C24H42N6O5/c1-7-14(5)19(23(33)30-20(24(34)35)15(6)8-2)29-22(32)18(9-13(3)4)28-21(31)17(25)10-16-11-26-12-27-16/h11-15,17-20H,7-10,25H2,1-6H3,(H,26,27)(H,28,31)(H,29,32)(H,30,33)(H,34,35). The van der Waals surface area contributed by atoms with Crippen LogP contribution in [0.1, 0.15) is 66.5 Å². The van der Waals surface area contributed by atoms with Crippen molar-refractivity contribution in [1.82, 2.24) is 25.9 Å². The monoisotopic (exact) mass is 494 g/mol. The molecule has 0 aromatic carbocycles. The van der Waals surface area contributed by atoms with Crippen molar-refractivity contribution in [3.05, 3.63) is 18.2 Å². The zero-order valence-electron chi connectivity index (χ0n) is 21.6. The summed E-state index contributed by atoms with van der Waals surface area (Å²) < 4.78 is 0. The van der Waals surface area contributed by atoms with E-state index in [0.717, 1.165) is 0 Å². The van der Waals surface area contributed by atoms with Crippen LogP contribution in [0.3, 0.4) is 0 Å². The number of aromatic nitrogens is 2. The predicted molar refractivity (Wildman–Crippen MR) is 132 cm³/mol. The van der Waals surface area contributed by atoms with Crippen LogP contribution in [0.5, 0.6) is 0 Å². The number of carboxylic acid groups (broad SMARTS) is 1. The zero-order chi connectivity index (χ0) is 26.7. The van der Waals surface area contributed by atoms with Gasteiger partial charge >= 0.3 is 5.97 Å². The number of rotatable bonds is 15. The maximum Gasteiger partial charge on any atom is 0.326 e. The van der Waals surface area contributed by atoms with Crippen molar-refractivity contribution in [3.8, 4) is 0 Å². The summed E-state index contributed by atoms with van der Waals surface area (Å²) in [6, 6.07) is -3.82. The largest absolute Gasteiger partial charge is 0.480 e.